The summed E-state index contributed by atoms with van der Waals surface area (Å²) in [6, 6.07) is 21.7. The van der Waals surface area contributed by atoms with Crippen LogP contribution in [0, 0.1) is 17.3 Å². The Morgan fingerprint density at radius 2 is 1.40 bits per heavy atom. The minimum Gasteiger partial charge on any atom is -0.417 e. The Morgan fingerprint density at radius 3 is 1.85 bits per heavy atom. The Morgan fingerprint density at radius 1 is 0.875 bits per heavy atom. The Balaban J connectivity index is 1.90. The van der Waals surface area contributed by atoms with E-state index in [4.69, 9.17) is 8.85 Å². The van der Waals surface area contributed by atoms with E-state index in [9.17, 15) is 4.79 Å². The van der Waals surface area contributed by atoms with Crippen LogP contribution < -0.4 is 10.4 Å². The summed E-state index contributed by atoms with van der Waals surface area (Å²) in [6.07, 6.45) is 6.38. The van der Waals surface area contributed by atoms with Gasteiger partial charge in [-0.25, -0.2) is 0 Å². The molecular formula is C35H54O3Si2. The van der Waals surface area contributed by atoms with Crippen molar-refractivity contribution in [2.24, 2.45) is 17.3 Å². The van der Waals surface area contributed by atoms with E-state index in [0.717, 1.165) is 25.9 Å². The van der Waals surface area contributed by atoms with E-state index in [2.05, 4.69) is 135 Å². The summed E-state index contributed by atoms with van der Waals surface area (Å²) in [5.74, 6) is 0.331. The first kappa shape index (κ1) is 32.7. The van der Waals surface area contributed by atoms with E-state index in [0.29, 0.717) is 12.5 Å². The highest BCUT2D eigenvalue weighted by Gasteiger charge is 2.50. The lowest BCUT2D eigenvalue weighted by molar-refractivity contribution is -0.114. The Bertz CT molecular complexity index is 1090. The lowest BCUT2D eigenvalue weighted by Crippen LogP contribution is -2.66. The molecule has 1 aliphatic carbocycles. The van der Waals surface area contributed by atoms with Crippen molar-refractivity contribution >= 4 is 33.3 Å². The molecule has 0 bridgehead atoms. The molecule has 0 saturated heterocycles. The first-order valence-corrected chi connectivity index (χ1v) is 19.9. The van der Waals surface area contributed by atoms with Crippen LogP contribution in [0.1, 0.15) is 74.7 Å². The van der Waals surface area contributed by atoms with Crippen molar-refractivity contribution in [2.45, 2.75) is 97.8 Å². The van der Waals surface area contributed by atoms with Crippen LogP contribution >= 0.6 is 0 Å². The van der Waals surface area contributed by atoms with Crippen molar-refractivity contribution < 1.29 is 13.6 Å². The molecule has 5 heteroatoms. The van der Waals surface area contributed by atoms with Crippen molar-refractivity contribution in [3.63, 3.8) is 0 Å². The van der Waals surface area contributed by atoms with Crippen LogP contribution in [0.4, 0.5) is 0 Å². The zero-order chi connectivity index (χ0) is 29.8. The number of benzene rings is 2. The summed E-state index contributed by atoms with van der Waals surface area (Å²) < 4.78 is 13.8. The van der Waals surface area contributed by atoms with Gasteiger partial charge in [-0.1, -0.05) is 122 Å². The lowest BCUT2D eigenvalue weighted by Gasteiger charge is -2.45. The lowest BCUT2D eigenvalue weighted by atomic mass is 9.65. The molecule has 0 unspecified atom stereocenters. The summed E-state index contributed by atoms with van der Waals surface area (Å²) in [5.41, 5.74) is 1.15. The number of allylic oxidation sites excluding steroid dienone is 1. The summed E-state index contributed by atoms with van der Waals surface area (Å²) in [6.45, 7) is 24.3. The van der Waals surface area contributed by atoms with Gasteiger partial charge in [0, 0.05) is 12.5 Å². The van der Waals surface area contributed by atoms with Crippen molar-refractivity contribution in [3.05, 3.63) is 72.3 Å². The van der Waals surface area contributed by atoms with E-state index in [1.807, 2.05) is 0 Å². The normalized spacial score (nSPS) is 22.6. The van der Waals surface area contributed by atoms with Gasteiger partial charge in [0.15, 0.2) is 8.32 Å². The molecule has 0 N–H and O–H groups in total. The largest absolute Gasteiger partial charge is 0.417 e. The standard InChI is InChI=1S/C35H54O3Si2/c1-28-24-30(26-36)35(8,22-17-23-37-39(9,10)33(2,3)4)25-29(28)27-38-40(34(5,6)7,31-18-13-11-14-19-31)32-20-15-12-16-21-32/h11-16,18-21,25-26,28,30H,17,22-24,27H2,1-10H3/t28-,30-,35+/m1/s1. The van der Waals surface area contributed by atoms with Gasteiger partial charge in [0.2, 0.25) is 0 Å². The third kappa shape index (κ3) is 6.97. The number of carbonyl (C=O) groups is 1. The fourth-order valence-corrected chi connectivity index (χ4v) is 11.7. The summed E-state index contributed by atoms with van der Waals surface area (Å²) in [4.78, 5) is 12.3. The summed E-state index contributed by atoms with van der Waals surface area (Å²) >= 11 is 0. The molecule has 0 saturated carbocycles. The molecule has 0 aliphatic heterocycles. The van der Waals surface area contributed by atoms with Gasteiger partial charge in [-0.2, -0.15) is 0 Å². The average Bonchev–Trinajstić information content (AvgIpc) is 2.88. The highest BCUT2D eigenvalue weighted by atomic mass is 28.4. The maximum absolute atomic E-state index is 12.3. The minimum atomic E-state index is -2.63. The van der Waals surface area contributed by atoms with Gasteiger partial charge in [-0.15, -0.1) is 0 Å². The molecule has 3 nitrogen and oxygen atoms in total. The van der Waals surface area contributed by atoms with Crippen molar-refractivity contribution in [3.8, 4) is 0 Å². The van der Waals surface area contributed by atoms with Crippen LogP contribution in [-0.2, 0) is 13.6 Å². The molecule has 3 atom stereocenters. The number of hydrogen-bond acceptors (Lipinski definition) is 3. The highest BCUT2D eigenvalue weighted by Crippen LogP contribution is 2.45. The first-order valence-electron chi connectivity index (χ1n) is 15.1. The van der Waals surface area contributed by atoms with Crippen LogP contribution in [0.15, 0.2) is 72.3 Å². The van der Waals surface area contributed by atoms with Crippen LogP contribution in [0.25, 0.3) is 0 Å². The number of aldehydes is 1. The predicted molar refractivity (Wildman–Crippen MR) is 175 cm³/mol. The predicted octanol–water partition coefficient (Wildman–Crippen LogP) is 8.15. The number of hydrogen-bond donors (Lipinski definition) is 0. The molecule has 0 amide bonds. The molecule has 0 heterocycles. The zero-order valence-electron chi connectivity index (χ0n) is 26.8. The number of rotatable bonds is 11. The molecular weight excluding hydrogens is 525 g/mol. The topological polar surface area (TPSA) is 35.5 Å². The third-order valence-corrected chi connectivity index (χ3v) is 19.3. The zero-order valence-corrected chi connectivity index (χ0v) is 28.8. The van der Waals surface area contributed by atoms with E-state index in [-0.39, 0.29) is 21.4 Å². The molecule has 1 aliphatic rings. The quantitative estimate of drug-likeness (QED) is 0.117. The van der Waals surface area contributed by atoms with Gasteiger partial charge in [-0.3, -0.25) is 0 Å². The van der Waals surface area contributed by atoms with E-state index in [1.54, 1.807) is 0 Å². The molecule has 0 aromatic heterocycles. The smallest absolute Gasteiger partial charge is 0.261 e. The molecule has 2 aromatic carbocycles. The first-order chi connectivity index (χ1) is 18.6. The maximum atomic E-state index is 12.3. The van der Waals surface area contributed by atoms with Crippen LogP contribution in [0.5, 0.6) is 0 Å². The second-order valence-corrected chi connectivity index (χ2v) is 23.9. The van der Waals surface area contributed by atoms with Gasteiger partial charge in [-0.05, 0) is 69.7 Å². The van der Waals surface area contributed by atoms with E-state index >= 15 is 0 Å². The monoisotopic (exact) mass is 578 g/mol. The van der Waals surface area contributed by atoms with Crippen molar-refractivity contribution in [1.29, 1.82) is 0 Å². The fourth-order valence-electron chi connectivity index (χ4n) is 6.08. The summed E-state index contributed by atoms with van der Waals surface area (Å²) in [7, 11) is -4.41. The second-order valence-electron chi connectivity index (χ2n) is 14.8. The molecule has 40 heavy (non-hydrogen) atoms. The molecule has 0 radical (unpaired) electrons. The van der Waals surface area contributed by atoms with Crippen molar-refractivity contribution in [1.82, 2.24) is 0 Å². The van der Waals surface area contributed by atoms with Gasteiger partial charge < -0.3 is 13.6 Å². The van der Waals surface area contributed by atoms with E-state index < -0.39 is 16.6 Å². The number of carbonyl (C=O) groups excluding carboxylic acids is 1. The van der Waals surface area contributed by atoms with Gasteiger partial charge in [0.05, 0.1) is 6.61 Å². The minimum absolute atomic E-state index is 0.0204. The average molecular weight is 579 g/mol. The van der Waals surface area contributed by atoms with Gasteiger partial charge >= 0.3 is 0 Å². The van der Waals surface area contributed by atoms with Gasteiger partial charge in [0.25, 0.3) is 8.32 Å². The van der Waals surface area contributed by atoms with Crippen LogP contribution in [-0.4, -0.2) is 36.1 Å². The Kier molecular flexibility index (Phi) is 10.3. The van der Waals surface area contributed by atoms with Crippen LogP contribution in [0.3, 0.4) is 0 Å². The third-order valence-electron chi connectivity index (χ3n) is 9.77. The summed E-state index contributed by atoms with van der Waals surface area (Å²) in [5, 5.41) is 2.74. The molecule has 0 spiro atoms. The highest BCUT2D eigenvalue weighted by molar-refractivity contribution is 6.99. The maximum Gasteiger partial charge on any atom is 0.261 e. The molecule has 0 fully saturated rings. The SMILES string of the molecule is C[C@@H]1C[C@H](C=O)[C@@](C)(CCCO[Si](C)(C)C(C)(C)C)C=C1CO[Si](c1ccccc1)(c1ccccc1)C(C)(C)C. The van der Waals surface area contributed by atoms with Crippen molar-refractivity contribution in [2.75, 3.05) is 13.2 Å². The molecule has 220 valence electrons. The van der Waals surface area contributed by atoms with Crippen LogP contribution in [0.2, 0.25) is 23.2 Å². The second kappa shape index (κ2) is 12.6. The molecule has 2 aromatic rings. The van der Waals surface area contributed by atoms with Gasteiger partial charge in [0.1, 0.15) is 6.29 Å². The Labute approximate surface area is 247 Å². The molecule has 3 rings (SSSR count). The Hall–Kier alpha value is -1.80. The van der Waals surface area contributed by atoms with E-state index in [1.165, 1.54) is 22.2 Å². The fraction of sp³-hybridized carbons (Fsp3) is 0.571.